The topological polar surface area (TPSA) is 81.3 Å². The first kappa shape index (κ1) is 17.1. The highest BCUT2D eigenvalue weighted by molar-refractivity contribution is 5.76. The molecule has 0 saturated heterocycles. The Morgan fingerprint density at radius 1 is 1.40 bits per heavy atom. The fourth-order valence-electron chi connectivity index (χ4n) is 3.65. The van der Waals surface area contributed by atoms with E-state index in [1.165, 1.54) is 15.8 Å². The van der Waals surface area contributed by atoms with E-state index in [4.69, 9.17) is 0 Å². The first-order chi connectivity index (χ1) is 11.9. The third-order valence-corrected chi connectivity index (χ3v) is 5.01. The van der Waals surface area contributed by atoms with Gasteiger partial charge >= 0.3 is 5.69 Å². The highest BCUT2D eigenvalue weighted by Gasteiger charge is 2.28. The van der Waals surface area contributed by atoms with Gasteiger partial charge in [0, 0.05) is 7.05 Å². The van der Waals surface area contributed by atoms with Crippen molar-refractivity contribution in [2.24, 2.45) is 0 Å². The third kappa shape index (κ3) is 3.14. The number of nitrogens with zero attached hydrogens (tertiary/aromatic N) is 4. The van der Waals surface area contributed by atoms with Crippen molar-refractivity contribution in [3.63, 3.8) is 0 Å². The van der Waals surface area contributed by atoms with Crippen LogP contribution in [-0.2, 0) is 17.8 Å². The Kier molecular flexibility index (Phi) is 4.57. The summed E-state index contributed by atoms with van der Waals surface area (Å²) in [4.78, 5) is 25.2. The summed E-state index contributed by atoms with van der Waals surface area (Å²) in [5.41, 5.74) is 3.22. The van der Waals surface area contributed by atoms with Crippen molar-refractivity contribution in [2.45, 2.75) is 45.7 Å². The zero-order valence-electron chi connectivity index (χ0n) is 14.7. The lowest BCUT2D eigenvalue weighted by Gasteiger charge is -2.33. The normalized spacial score (nSPS) is 16.4. The molecule has 0 radical (unpaired) electrons. The first-order valence-electron chi connectivity index (χ1n) is 8.42. The molecule has 1 aromatic heterocycles. The highest BCUT2D eigenvalue weighted by atomic mass is 16.6. The number of carbonyl (C=O) groups is 1. The van der Waals surface area contributed by atoms with Gasteiger partial charge in [-0.05, 0) is 44.2 Å². The van der Waals surface area contributed by atoms with Gasteiger partial charge in [0.1, 0.15) is 17.9 Å². The Morgan fingerprint density at radius 2 is 2.12 bits per heavy atom. The lowest BCUT2D eigenvalue weighted by Crippen LogP contribution is -2.36. The van der Waals surface area contributed by atoms with Gasteiger partial charge in [0.25, 0.3) is 0 Å². The van der Waals surface area contributed by atoms with Gasteiger partial charge in [-0.25, -0.2) is 0 Å². The number of rotatable bonds is 4. The molecule has 7 nitrogen and oxygen atoms in total. The predicted molar refractivity (Wildman–Crippen MR) is 93.2 cm³/mol. The Bertz CT molecular complexity index is 828. The number of hydrogen-bond donors (Lipinski definition) is 0. The van der Waals surface area contributed by atoms with Crippen LogP contribution in [0.25, 0.3) is 0 Å². The SMILES string of the molecule is Cc1nn(CC(=O)N(C)[C@H]2CCCc3ccccc32)c(C)c1[N+](=O)[O-]. The van der Waals surface area contributed by atoms with Gasteiger partial charge in [-0.3, -0.25) is 19.6 Å². The second-order valence-electron chi connectivity index (χ2n) is 6.55. The maximum Gasteiger partial charge on any atom is 0.312 e. The van der Waals surface area contributed by atoms with Crippen LogP contribution in [0.5, 0.6) is 0 Å². The molecular weight excluding hydrogens is 320 g/mol. The molecule has 0 unspecified atom stereocenters. The summed E-state index contributed by atoms with van der Waals surface area (Å²) in [6, 6.07) is 8.27. The molecule has 2 aromatic rings. The molecule has 0 bridgehead atoms. The van der Waals surface area contributed by atoms with E-state index in [0.29, 0.717) is 11.4 Å². The van der Waals surface area contributed by atoms with Gasteiger partial charge < -0.3 is 4.90 Å². The lowest BCUT2D eigenvalue weighted by atomic mass is 9.87. The zero-order chi connectivity index (χ0) is 18.1. The highest BCUT2D eigenvalue weighted by Crippen LogP contribution is 2.33. The number of aromatic nitrogens is 2. The molecular formula is C18H22N4O3. The average Bonchev–Trinajstić information content (AvgIpc) is 2.87. The van der Waals surface area contributed by atoms with Crippen LogP contribution in [0.15, 0.2) is 24.3 Å². The third-order valence-electron chi connectivity index (χ3n) is 5.01. The summed E-state index contributed by atoms with van der Waals surface area (Å²) in [7, 11) is 1.80. The van der Waals surface area contributed by atoms with Gasteiger partial charge in [-0.1, -0.05) is 24.3 Å². The molecule has 1 aromatic carbocycles. The van der Waals surface area contributed by atoms with E-state index in [0.717, 1.165) is 19.3 Å². The number of fused-ring (bicyclic) bond motifs is 1. The van der Waals surface area contributed by atoms with Crippen LogP contribution in [0.1, 0.15) is 41.4 Å². The van der Waals surface area contributed by atoms with Gasteiger partial charge in [0.2, 0.25) is 5.91 Å². The maximum atomic E-state index is 12.8. The zero-order valence-corrected chi connectivity index (χ0v) is 14.7. The van der Waals surface area contributed by atoms with E-state index in [9.17, 15) is 14.9 Å². The Balaban J connectivity index is 1.81. The van der Waals surface area contributed by atoms with Crippen molar-refractivity contribution in [1.29, 1.82) is 0 Å². The van der Waals surface area contributed by atoms with Crippen LogP contribution in [-0.4, -0.2) is 32.6 Å². The minimum atomic E-state index is -0.445. The molecule has 132 valence electrons. The van der Waals surface area contributed by atoms with Crippen LogP contribution in [0.3, 0.4) is 0 Å². The molecule has 0 aliphatic heterocycles. The van der Waals surface area contributed by atoms with Crippen molar-refractivity contribution in [1.82, 2.24) is 14.7 Å². The van der Waals surface area contributed by atoms with Crippen LogP contribution in [0, 0.1) is 24.0 Å². The standard InChI is InChI=1S/C18H22N4O3/c1-12-18(22(24)25)13(2)21(19-12)11-17(23)20(3)16-10-6-8-14-7-4-5-9-15(14)16/h4-5,7,9,16H,6,8,10-11H2,1-3H3/t16-/m0/s1. The average molecular weight is 342 g/mol. The number of likely N-dealkylation sites (N-methyl/N-ethyl adjacent to an activating group) is 1. The van der Waals surface area contributed by atoms with E-state index in [1.807, 2.05) is 12.1 Å². The first-order valence-corrected chi connectivity index (χ1v) is 8.42. The van der Waals surface area contributed by atoms with Crippen molar-refractivity contribution < 1.29 is 9.72 Å². The summed E-state index contributed by atoms with van der Waals surface area (Å²) >= 11 is 0. The van der Waals surface area contributed by atoms with E-state index >= 15 is 0 Å². The van der Waals surface area contributed by atoms with E-state index in [-0.39, 0.29) is 24.2 Å². The minimum absolute atomic E-state index is 0.00960. The second kappa shape index (κ2) is 6.66. The Morgan fingerprint density at radius 3 is 2.80 bits per heavy atom. The Labute approximate surface area is 146 Å². The number of benzene rings is 1. The molecule has 7 heteroatoms. The molecule has 1 aliphatic carbocycles. The maximum absolute atomic E-state index is 12.8. The lowest BCUT2D eigenvalue weighted by molar-refractivity contribution is -0.386. The monoisotopic (exact) mass is 342 g/mol. The Hall–Kier alpha value is -2.70. The van der Waals surface area contributed by atoms with E-state index in [1.54, 1.807) is 25.8 Å². The molecule has 3 rings (SSSR count). The smallest absolute Gasteiger partial charge is 0.312 e. The molecule has 0 N–H and O–H groups in total. The molecule has 1 amide bonds. The largest absolute Gasteiger partial charge is 0.337 e. The van der Waals surface area contributed by atoms with Crippen LogP contribution in [0.2, 0.25) is 0 Å². The van der Waals surface area contributed by atoms with Gasteiger partial charge in [-0.2, -0.15) is 5.10 Å². The molecule has 0 spiro atoms. The van der Waals surface area contributed by atoms with Crippen LogP contribution in [0.4, 0.5) is 5.69 Å². The molecule has 1 atom stereocenters. The molecule has 0 fully saturated rings. The van der Waals surface area contributed by atoms with Gasteiger partial charge in [0.15, 0.2) is 0 Å². The van der Waals surface area contributed by atoms with Crippen molar-refractivity contribution in [3.8, 4) is 0 Å². The van der Waals surface area contributed by atoms with Gasteiger partial charge in [-0.15, -0.1) is 0 Å². The number of aryl methyl sites for hydroxylation is 2. The summed E-state index contributed by atoms with van der Waals surface area (Å²) in [6.45, 7) is 3.23. The molecule has 0 saturated carbocycles. The minimum Gasteiger partial charge on any atom is -0.337 e. The quantitative estimate of drug-likeness (QED) is 0.632. The number of hydrogen-bond acceptors (Lipinski definition) is 4. The van der Waals surface area contributed by atoms with E-state index < -0.39 is 4.92 Å². The van der Waals surface area contributed by atoms with Crippen LogP contribution < -0.4 is 0 Å². The predicted octanol–water partition coefficient (Wildman–Crippen LogP) is 2.94. The second-order valence-corrected chi connectivity index (χ2v) is 6.55. The fraction of sp³-hybridized carbons (Fsp3) is 0.444. The van der Waals surface area contributed by atoms with E-state index in [2.05, 4.69) is 17.2 Å². The molecule has 1 heterocycles. The summed E-state index contributed by atoms with van der Waals surface area (Å²) in [6.07, 6.45) is 3.01. The molecule has 25 heavy (non-hydrogen) atoms. The fourth-order valence-corrected chi connectivity index (χ4v) is 3.65. The van der Waals surface area contributed by atoms with Crippen molar-refractivity contribution in [2.75, 3.05) is 7.05 Å². The molecule has 1 aliphatic rings. The number of carbonyl (C=O) groups excluding carboxylic acids is 1. The summed E-state index contributed by atoms with van der Waals surface area (Å²) in [5.74, 6) is -0.0952. The summed E-state index contributed by atoms with van der Waals surface area (Å²) in [5, 5.41) is 15.3. The van der Waals surface area contributed by atoms with Crippen LogP contribution >= 0.6 is 0 Å². The van der Waals surface area contributed by atoms with Crippen molar-refractivity contribution >= 4 is 11.6 Å². The van der Waals surface area contributed by atoms with Crippen molar-refractivity contribution in [3.05, 3.63) is 56.9 Å². The number of nitro groups is 1. The van der Waals surface area contributed by atoms with Gasteiger partial charge in [0.05, 0.1) is 11.0 Å². The summed E-state index contributed by atoms with van der Waals surface area (Å²) < 4.78 is 1.43. The number of amides is 1.